The molecule has 0 atom stereocenters. The third-order valence-electron chi connectivity index (χ3n) is 1.25. The molecule has 1 N–H and O–H groups in total. The van der Waals surface area contributed by atoms with E-state index in [1.54, 1.807) is 6.92 Å². The van der Waals surface area contributed by atoms with Gasteiger partial charge in [0, 0.05) is 0 Å². The fourth-order valence-electron chi connectivity index (χ4n) is 0.641. The Balaban J connectivity index is 2.99. The van der Waals surface area contributed by atoms with Gasteiger partial charge in [0.25, 0.3) is 0 Å². The fourth-order valence-corrected chi connectivity index (χ4v) is 0.641. The second-order valence-electron chi connectivity index (χ2n) is 2.05. The average Bonchev–Trinajstić information content (AvgIpc) is 2.05. The van der Waals surface area contributed by atoms with Crippen LogP contribution >= 0.6 is 0 Å². The SMILES string of the molecule is C/C(=N/O)c1ccc(F)cn1. The van der Waals surface area contributed by atoms with Gasteiger partial charge >= 0.3 is 0 Å². The Morgan fingerprint density at radius 2 is 2.36 bits per heavy atom. The molecule has 1 rings (SSSR count). The van der Waals surface area contributed by atoms with Crippen molar-refractivity contribution in [1.29, 1.82) is 0 Å². The molecule has 0 bridgehead atoms. The summed E-state index contributed by atoms with van der Waals surface area (Å²) in [6, 6.07) is 2.71. The maximum absolute atomic E-state index is 12.3. The molecule has 1 aromatic rings. The molecule has 1 heterocycles. The van der Waals surface area contributed by atoms with Crippen LogP contribution in [0.3, 0.4) is 0 Å². The third kappa shape index (κ3) is 1.73. The van der Waals surface area contributed by atoms with Crippen molar-refractivity contribution in [2.75, 3.05) is 0 Å². The van der Waals surface area contributed by atoms with Crippen molar-refractivity contribution in [3.8, 4) is 0 Å². The zero-order chi connectivity index (χ0) is 8.27. The fraction of sp³-hybridized carbons (Fsp3) is 0.143. The van der Waals surface area contributed by atoms with Crippen LogP contribution in [0.15, 0.2) is 23.5 Å². The lowest BCUT2D eigenvalue weighted by Gasteiger charge is -1.94. The van der Waals surface area contributed by atoms with E-state index in [0.29, 0.717) is 11.4 Å². The average molecular weight is 154 g/mol. The van der Waals surface area contributed by atoms with Gasteiger partial charge in [0.15, 0.2) is 0 Å². The number of aromatic nitrogens is 1. The van der Waals surface area contributed by atoms with E-state index in [2.05, 4.69) is 10.1 Å². The first kappa shape index (κ1) is 7.65. The van der Waals surface area contributed by atoms with Crippen LogP contribution in [0.4, 0.5) is 4.39 Å². The summed E-state index contributed by atoms with van der Waals surface area (Å²) < 4.78 is 12.3. The van der Waals surface area contributed by atoms with Crippen LogP contribution in [0.5, 0.6) is 0 Å². The Kier molecular flexibility index (Phi) is 2.15. The van der Waals surface area contributed by atoms with Crippen LogP contribution < -0.4 is 0 Å². The highest BCUT2D eigenvalue weighted by molar-refractivity contribution is 5.96. The van der Waals surface area contributed by atoms with Gasteiger partial charge < -0.3 is 5.21 Å². The number of hydrogen-bond donors (Lipinski definition) is 1. The highest BCUT2D eigenvalue weighted by Gasteiger charge is 1.98. The van der Waals surface area contributed by atoms with Crippen LogP contribution in [-0.4, -0.2) is 15.9 Å². The van der Waals surface area contributed by atoms with E-state index in [1.807, 2.05) is 0 Å². The maximum Gasteiger partial charge on any atom is 0.141 e. The molecule has 4 heteroatoms. The van der Waals surface area contributed by atoms with E-state index in [-0.39, 0.29) is 0 Å². The Morgan fingerprint density at radius 1 is 1.64 bits per heavy atom. The molecule has 58 valence electrons. The maximum atomic E-state index is 12.3. The summed E-state index contributed by atoms with van der Waals surface area (Å²) in [6.45, 7) is 1.58. The number of oxime groups is 1. The van der Waals surface area contributed by atoms with Gasteiger partial charge in [0.1, 0.15) is 11.5 Å². The molecule has 0 aliphatic heterocycles. The van der Waals surface area contributed by atoms with Crippen molar-refractivity contribution in [2.24, 2.45) is 5.16 Å². The Labute approximate surface area is 63.2 Å². The number of halogens is 1. The van der Waals surface area contributed by atoms with Gasteiger partial charge in [-0.05, 0) is 19.1 Å². The van der Waals surface area contributed by atoms with Crippen molar-refractivity contribution in [3.05, 3.63) is 29.8 Å². The molecule has 0 saturated heterocycles. The van der Waals surface area contributed by atoms with Crippen molar-refractivity contribution < 1.29 is 9.60 Å². The largest absolute Gasteiger partial charge is 0.411 e. The summed E-state index contributed by atoms with van der Waals surface area (Å²) in [6.07, 6.45) is 1.07. The van der Waals surface area contributed by atoms with Crippen LogP contribution in [0, 0.1) is 5.82 Å². The minimum atomic E-state index is -0.403. The lowest BCUT2D eigenvalue weighted by Crippen LogP contribution is -1.97. The zero-order valence-electron chi connectivity index (χ0n) is 5.95. The van der Waals surface area contributed by atoms with E-state index < -0.39 is 5.82 Å². The van der Waals surface area contributed by atoms with Crippen molar-refractivity contribution in [3.63, 3.8) is 0 Å². The molecule has 3 nitrogen and oxygen atoms in total. The number of rotatable bonds is 1. The first-order valence-corrected chi connectivity index (χ1v) is 3.04. The van der Waals surface area contributed by atoms with E-state index in [0.717, 1.165) is 6.20 Å². The van der Waals surface area contributed by atoms with E-state index in [1.165, 1.54) is 12.1 Å². The first-order valence-electron chi connectivity index (χ1n) is 3.04. The van der Waals surface area contributed by atoms with Gasteiger partial charge in [-0.15, -0.1) is 0 Å². The lowest BCUT2D eigenvalue weighted by atomic mass is 10.3. The summed E-state index contributed by atoms with van der Waals surface area (Å²) in [4.78, 5) is 3.68. The summed E-state index contributed by atoms with van der Waals surface area (Å²) in [5, 5.41) is 11.2. The van der Waals surface area contributed by atoms with Gasteiger partial charge in [0.2, 0.25) is 0 Å². The summed E-state index contributed by atoms with van der Waals surface area (Å²) in [5.41, 5.74) is 0.832. The van der Waals surface area contributed by atoms with Gasteiger partial charge in [-0.2, -0.15) is 0 Å². The van der Waals surface area contributed by atoms with Crippen molar-refractivity contribution >= 4 is 5.71 Å². The minimum absolute atomic E-state index is 0.366. The van der Waals surface area contributed by atoms with E-state index >= 15 is 0 Å². The molecular formula is C7H7FN2O. The van der Waals surface area contributed by atoms with E-state index in [4.69, 9.17) is 5.21 Å². The number of pyridine rings is 1. The van der Waals surface area contributed by atoms with Crippen LogP contribution in [0.2, 0.25) is 0 Å². The third-order valence-corrected chi connectivity index (χ3v) is 1.25. The summed E-state index contributed by atoms with van der Waals surface area (Å²) in [5.74, 6) is -0.403. The Bertz CT molecular complexity index is 268. The molecule has 11 heavy (non-hydrogen) atoms. The van der Waals surface area contributed by atoms with E-state index in [9.17, 15) is 4.39 Å². The monoisotopic (exact) mass is 154 g/mol. The topological polar surface area (TPSA) is 45.5 Å². The zero-order valence-corrected chi connectivity index (χ0v) is 5.95. The minimum Gasteiger partial charge on any atom is -0.411 e. The molecule has 0 amide bonds. The molecule has 0 aliphatic rings. The molecule has 0 unspecified atom stereocenters. The Hall–Kier alpha value is -1.45. The molecule has 0 spiro atoms. The molecule has 1 aromatic heterocycles. The van der Waals surface area contributed by atoms with Gasteiger partial charge in [-0.3, -0.25) is 4.98 Å². The summed E-state index contributed by atoms with van der Waals surface area (Å²) >= 11 is 0. The molecule has 0 aromatic carbocycles. The van der Waals surface area contributed by atoms with Crippen molar-refractivity contribution in [2.45, 2.75) is 6.92 Å². The Morgan fingerprint density at radius 3 is 2.82 bits per heavy atom. The molecule has 0 fully saturated rings. The number of hydrogen-bond acceptors (Lipinski definition) is 3. The second-order valence-corrected chi connectivity index (χ2v) is 2.05. The van der Waals surface area contributed by atoms with Gasteiger partial charge in [-0.25, -0.2) is 4.39 Å². The first-order chi connectivity index (χ1) is 5.24. The van der Waals surface area contributed by atoms with Gasteiger partial charge in [0.05, 0.1) is 11.9 Å². The second kappa shape index (κ2) is 3.09. The van der Waals surface area contributed by atoms with Gasteiger partial charge in [-0.1, -0.05) is 5.16 Å². The highest BCUT2D eigenvalue weighted by Crippen LogP contribution is 1.98. The number of nitrogens with zero attached hydrogens (tertiary/aromatic N) is 2. The van der Waals surface area contributed by atoms with Crippen molar-refractivity contribution in [1.82, 2.24) is 4.98 Å². The molecular weight excluding hydrogens is 147 g/mol. The molecule has 0 radical (unpaired) electrons. The van der Waals surface area contributed by atoms with Crippen LogP contribution in [0.1, 0.15) is 12.6 Å². The quantitative estimate of drug-likeness (QED) is 0.377. The summed E-state index contributed by atoms with van der Waals surface area (Å²) in [7, 11) is 0. The standard InChI is InChI=1S/C7H7FN2O/c1-5(10-11)7-3-2-6(8)4-9-7/h2-4,11H,1H3/b10-5-. The lowest BCUT2D eigenvalue weighted by molar-refractivity contribution is 0.319. The predicted octanol–water partition coefficient (Wildman–Crippen LogP) is 1.42. The smallest absolute Gasteiger partial charge is 0.141 e. The molecule has 0 saturated carbocycles. The van der Waals surface area contributed by atoms with Crippen LogP contribution in [-0.2, 0) is 0 Å². The van der Waals surface area contributed by atoms with Crippen LogP contribution in [0.25, 0.3) is 0 Å². The molecule has 0 aliphatic carbocycles. The normalized spacial score (nSPS) is 11.6. The highest BCUT2D eigenvalue weighted by atomic mass is 19.1. The predicted molar refractivity (Wildman–Crippen MR) is 38.2 cm³/mol.